The molecule has 4 N–H and O–H groups in total. The van der Waals surface area contributed by atoms with Crippen molar-refractivity contribution in [1.29, 1.82) is 0 Å². The Balaban J connectivity index is 0.000000225. The maximum absolute atomic E-state index is 13.3. The number of amides is 2. The molecular formula is C45H59BN2O10S2. The van der Waals surface area contributed by atoms with Crippen LogP contribution >= 0.6 is 22.7 Å². The van der Waals surface area contributed by atoms with E-state index < -0.39 is 19.1 Å². The van der Waals surface area contributed by atoms with E-state index in [0.717, 1.165) is 51.4 Å². The van der Waals surface area contributed by atoms with E-state index in [4.69, 9.17) is 19.5 Å². The van der Waals surface area contributed by atoms with Crippen LogP contribution in [0.2, 0.25) is 0 Å². The first-order valence-corrected chi connectivity index (χ1v) is 22.4. The van der Waals surface area contributed by atoms with Gasteiger partial charge < -0.3 is 39.5 Å². The van der Waals surface area contributed by atoms with Gasteiger partial charge in [0.2, 0.25) is 11.8 Å². The molecule has 2 aliphatic rings. The minimum absolute atomic E-state index is 0.0112. The second kappa shape index (κ2) is 22.8. The van der Waals surface area contributed by atoms with Crippen LogP contribution in [-0.4, -0.2) is 70.3 Å². The number of carboxylic acid groups (broad SMARTS) is 1. The third kappa shape index (κ3) is 13.2. The molecule has 0 unspecified atom stereocenters. The lowest BCUT2D eigenvalue weighted by Gasteiger charge is -2.34. The highest BCUT2D eigenvalue weighted by Crippen LogP contribution is 2.36. The fourth-order valence-corrected chi connectivity index (χ4v) is 8.77. The number of thiophene rings is 2. The summed E-state index contributed by atoms with van der Waals surface area (Å²) in [6.07, 6.45) is 7.70. The number of methoxy groups -OCH3 is 1. The smallest absolute Gasteiger partial charge is 0.489 e. The number of hydrogen-bond donors (Lipinski definition) is 4. The number of aromatic carboxylic acids is 1. The van der Waals surface area contributed by atoms with Crippen molar-refractivity contribution >= 4 is 70.4 Å². The average molecular weight is 863 g/mol. The molecule has 0 spiro atoms. The quantitative estimate of drug-likeness (QED) is 0.0842. The minimum Gasteiger partial charge on any atom is -0.508 e. The van der Waals surface area contributed by atoms with Crippen molar-refractivity contribution in [2.45, 2.75) is 105 Å². The molecule has 2 saturated carbocycles. The van der Waals surface area contributed by atoms with Crippen LogP contribution in [0.3, 0.4) is 0 Å². The summed E-state index contributed by atoms with van der Waals surface area (Å²) in [7, 11) is -0.0125. The van der Waals surface area contributed by atoms with E-state index in [1.807, 2.05) is 44.5 Å². The Bertz CT molecular complexity index is 1990. The predicted octanol–water partition coefficient (Wildman–Crippen LogP) is 8.98. The van der Waals surface area contributed by atoms with Crippen molar-refractivity contribution in [2.75, 3.05) is 16.9 Å². The Labute approximate surface area is 361 Å². The van der Waals surface area contributed by atoms with E-state index in [0.29, 0.717) is 40.2 Å². The first kappa shape index (κ1) is 48.0. The van der Waals surface area contributed by atoms with Gasteiger partial charge in [0.15, 0.2) is 0 Å². The van der Waals surface area contributed by atoms with Crippen molar-refractivity contribution < 1.29 is 48.9 Å². The molecule has 60 heavy (non-hydrogen) atoms. The van der Waals surface area contributed by atoms with Gasteiger partial charge in [-0.05, 0) is 155 Å². The number of carboxylic acids is 1. The maximum atomic E-state index is 13.3. The van der Waals surface area contributed by atoms with Gasteiger partial charge in [-0.2, -0.15) is 11.3 Å². The van der Waals surface area contributed by atoms with Gasteiger partial charge in [-0.3, -0.25) is 9.59 Å². The molecular weight excluding hydrogens is 803 g/mol. The van der Waals surface area contributed by atoms with Gasteiger partial charge in [0.1, 0.15) is 17.2 Å². The second-order valence-electron chi connectivity index (χ2n) is 16.2. The Hall–Kier alpha value is -4.70. The summed E-state index contributed by atoms with van der Waals surface area (Å²) >= 11 is 2.95. The van der Waals surface area contributed by atoms with Crippen LogP contribution in [0.15, 0.2) is 70.1 Å². The highest BCUT2D eigenvalue weighted by molar-refractivity contribution is 7.09. The van der Waals surface area contributed by atoms with Crippen LogP contribution in [0.25, 0.3) is 0 Å². The average Bonchev–Trinajstić information content (AvgIpc) is 3.95. The highest BCUT2D eigenvalue weighted by atomic mass is 32.1. The third-order valence-corrected chi connectivity index (χ3v) is 12.3. The molecule has 2 aromatic heterocycles. The Kier molecular flexibility index (Phi) is 18.2. The molecule has 2 aromatic carbocycles. The first-order valence-electron chi connectivity index (χ1n) is 20.5. The molecule has 2 aliphatic carbocycles. The number of ether oxygens (including phenoxy) is 2. The number of carbonyl (C=O) groups excluding carboxylic acids is 3. The zero-order chi connectivity index (χ0) is 44.1. The van der Waals surface area contributed by atoms with Gasteiger partial charge in [-0.1, -0.05) is 19.9 Å². The van der Waals surface area contributed by atoms with Crippen molar-refractivity contribution in [2.24, 2.45) is 23.7 Å². The van der Waals surface area contributed by atoms with Gasteiger partial charge in [-0.25, -0.2) is 9.59 Å². The summed E-state index contributed by atoms with van der Waals surface area (Å²) in [5.41, 5.74) is 1.79. The van der Waals surface area contributed by atoms with E-state index in [1.54, 1.807) is 44.8 Å². The number of nitrogens with zero attached hydrogens (tertiary/aromatic N) is 2. The number of hydrogen-bond acceptors (Lipinski definition) is 11. The zero-order valence-corrected chi connectivity index (χ0v) is 37.2. The van der Waals surface area contributed by atoms with E-state index in [1.165, 1.54) is 48.0 Å². The number of carbonyl (C=O) groups is 4. The van der Waals surface area contributed by atoms with E-state index >= 15 is 0 Å². The van der Waals surface area contributed by atoms with Crippen molar-refractivity contribution in [3.63, 3.8) is 0 Å². The molecule has 0 radical (unpaired) electrons. The number of aromatic hydroxyl groups is 1. The maximum Gasteiger partial charge on any atom is 0.489 e. The lowest BCUT2D eigenvalue weighted by atomic mass is 9.82. The number of esters is 1. The Morgan fingerprint density at radius 1 is 0.683 bits per heavy atom. The van der Waals surface area contributed by atoms with Crippen LogP contribution < -0.4 is 20.0 Å². The van der Waals surface area contributed by atoms with Gasteiger partial charge in [0.05, 0.1) is 29.6 Å². The molecule has 2 amide bonds. The van der Waals surface area contributed by atoms with E-state index in [2.05, 4.69) is 13.8 Å². The molecule has 6 rings (SSSR count). The molecule has 2 fully saturated rings. The lowest BCUT2D eigenvalue weighted by Crippen LogP contribution is -2.43. The Morgan fingerprint density at radius 3 is 1.60 bits per heavy atom. The van der Waals surface area contributed by atoms with Gasteiger partial charge in [-0.15, -0.1) is 11.3 Å². The number of rotatable bonds is 11. The van der Waals surface area contributed by atoms with Crippen LogP contribution in [0.1, 0.15) is 114 Å². The van der Waals surface area contributed by atoms with E-state index in [9.17, 15) is 29.4 Å². The number of anilines is 2. The standard InChI is InChI=1S/C22H27NO4S.C19H27NO4.C4H5BO2S/c1-14(2)23(21(24)16-6-4-15(3)5-7-16)20-9-8-17(12-19(20)22(25)26)27-18-10-11-28-13-18;1-12(2)20(18(22)14-7-5-13(3)6-8-14)17-10-9-15(21)11-16(17)19(23)24-4;6-5(7)4-1-2-8-3-4/h8-16H,4-7H2,1-3H3,(H,25,26);9-14,21H,5-8H2,1-4H3;1-3,6-7H. The molecule has 4 aromatic rings. The summed E-state index contributed by atoms with van der Waals surface area (Å²) in [5.74, 6) is 0.804. The van der Waals surface area contributed by atoms with Gasteiger partial charge >= 0.3 is 19.1 Å². The fraction of sp³-hybridized carbons (Fsp3) is 0.467. The first-order chi connectivity index (χ1) is 28.5. The Morgan fingerprint density at radius 2 is 1.18 bits per heavy atom. The third-order valence-electron chi connectivity index (χ3n) is 10.9. The number of phenolic OH excluding ortho intramolecular Hbond substituents is 1. The fourth-order valence-electron chi connectivity index (χ4n) is 7.55. The molecule has 12 nitrogen and oxygen atoms in total. The molecule has 2 heterocycles. The lowest BCUT2D eigenvalue weighted by molar-refractivity contribution is -0.124. The van der Waals surface area contributed by atoms with Crippen molar-refractivity contribution in [3.8, 4) is 17.2 Å². The second-order valence-corrected chi connectivity index (χ2v) is 17.7. The monoisotopic (exact) mass is 862 g/mol. The van der Waals surface area contributed by atoms with Gasteiger partial charge in [0, 0.05) is 29.3 Å². The number of phenols is 1. The topological polar surface area (TPSA) is 174 Å². The largest absolute Gasteiger partial charge is 0.508 e. The molecule has 0 saturated heterocycles. The zero-order valence-electron chi connectivity index (χ0n) is 35.6. The van der Waals surface area contributed by atoms with Crippen LogP contribution in [-0.2, 0) is 14.3 Å². The number of benzene rings is 2. The summed E-state index contributed by atoms with van der Waals surface area (Å²) in [6, 6.07) is 12.7. The summed E-state index contributed by atoms with van der Waals surface area (Å²) < 4.78 is 10.5. The minimum atomic E-state index is -1.30. The van der Waals surface area contributed by atoms with Crippen molar-refractivity contribution in [1.82, 2.24) is 0 Å². The highest BCUT2D eigenvalue weighted by Gasteiger charge is 2.34. The van der Waals surface area contributed by atoms with Crippen LogP contribution in [0.4, 0.5) is 11.4 Å². The molecule has 15 heteroatoms. The molecule has 0 atom stereocenters. The van der Waals surface area contributed by atoms with E-state index in [-0.39, 0.29) is 52.6 Å². The summed E-state index contributed by atoms with van der Waals surface area (Å²) in [4.78, 5) is 53.7. The molecule has 0 bridgehead atoms. The SMILES string of the molecule is CC1CCC(C(=O)N(c2ccc(Oc3ccsc3)cc2C(=O)O)C(C)C)CC1.COC(=O)c1cc(O)ccc1N(C(=O)C1CCC(C)CC1)C(C)C.OB(O)c1ccsc1. The molecule has 0 aliphatic heterocycles. The normalized spacial score (nSPS) is 18.6. The summed E-state index contributed by atoms with van der Waals surface area (Å²) in [5, 5.41) is 43.7. The van der Waals surface area contributed by atoms with Crippen molar-refractivity contribution in [3.05, 3.63) is 81.2 Å². The van der Waals surface area contributed by atoms with Gasteiger partial charge in [0.25, 0.3) is 0 Å². The summed E-state index contributed by atoms with van der Waals surface area (Å²) in [6.45, 7) is 12.1. The predicted molar refractivity (Wildman–Crippen MR) is 239 cm³/mol. The molecule has 324 valence electrons. The van der Waals surface area contributed by atoms with Crippen LogP contribution in [0.5, 0.6) is 17.2 Å². The van der Waals surface area contributed by atoms with Crippen LogP contribution in [0, 0.1) is 23.7 Å².